The van der Waals surface area contributed by atoms with Crippen LogP contribution >= 0.6 is 0 Å². The van der Waals surface area contributed by atoms with Crippen LogP contribution in [0.1, 0.15) is 0 Å². The number of nitro groups is 1. The number of halogens is 2. The second kappa shape index (κ2) is 3.74. The predicted molar refractivity (Wildman–Crippen MR) is 33.1 cm³/mol. The van der Waals surface area contributed by atoms with Crippen LogP contribution in [-0.4, -0.2) is 23.5 Å². The van der Waals surface area contributed by atoms with Crippen molar-refractivity contribution in [1.82, 2.24) is 0 Å². The van der Waals surface area contributed by atoms with Gasteiger partial charge in [0.25, 0.3) is 0 Å². The number of hydrogen-bond donors (Lipinski definition) is 0. The van der Waals surface area contributed by atoms with E-state index < -0.39 is 23.5 Å². The minimum absolute atomic E-state index is 0.635. The van der Waals surface area contributed by atoms with E-state index in [-0.39, 0.29) is 0 Å². The van der Waals surface area contributed by atoms with Crippen LogP contribution in [0.3, 0.4) is 0 Å². The van der Waals surface area contributed by atoms with Crippen molar-refractivity contribution in [3.05, 3.63) is 22.8 Å². The molecule has 0 unspecified atom stereocenters. The molecule has 0 aromatic heterocycles. The molecule has 0 heterocycles. The van der Waals surface area contributed by atoms with Crippen LogP contribution in [0.5, 0.6) is 0 Å². The first-order valence-electron chi connectivity index (χ1n) is 2.71. The van der Waals surface area contributed by atoms with Crippen molar-refractivity contribution in [1.29, 1.82) is 0 Å². The van der Waals surface area contributed by atoms with Gasteiger partial charge in [0.2, 0.25) is 6.61 Å². The van der Waals surface area contributed by atoms with E-state index in [0.29, 0.717) is 6.08 Å². The Labute approximate surface area is 65.8 Å². The molecule has 0 saturated heterocycles. The highest BCUT2D eigenvalue weighted by Crippen LogP contribution is 2.13. The SMILES string of the molecule is C=CC(=O)OCC(F)(F)[N+](=O)[O-]. The lowest BCUT2D eigenvalue weighted by Crippen LogP contribution is -2.33. The molecule has 0 amide bonds. The summed E-state index contributed by atoms with van der Waals surface area (Å²) >= 11 is 0. The molecule has 0 atom stereocenters. The first-order valence-corrected chi connectivity index (χ1v) is 2.71. The molecule has 0 aliphatic rings. The fourth-order valence-corrected chi connectivity index (χ4v) is 0.270. The minimum Gasteiger partial charge on any atom is -0.448 e. The van der Waals surface area contributed by atoms with Crippen LogP contribution in [0.25, 0.3) is 0 Å². The van der Waals surface area contributed by atoms with Gasteiger partial charge in [-0.15, -0.1) is 8.78 Å². The van der Waals surface area contributed by atoms with Crippen LogP contribution < -0.4 is 0 Å². The van der Waals surface area contributed by atoms with E-state index in [1.54, 1.807) is 0 Å². The van der Waals surface area contributed by atoms with E-state index in [1.807, 2.05) is 0 Å². The molecular weight excluding hydrogens is 176 g/mol. The predicted octanol–water partition coefficient (Wildman–Crippen LogP) is 0.585. The highest BCUT2D eigenvalue weighted by molar-refractivity contribution is 5.81. The number of nitrogens with zero attached hydrogens (tertiary/aromatic N) is 1. The Morgan fingerprint density at radius 2 is 2.25 bits per heavy atom. The van der Waals surface area contributed by atoms with Crippen LogP contribution in [0.4, 0.5) is 8.78 Å². The van der Waals surface area contributed by atoms with Crippen molar-refractivity contribution in [2.24, 2.45) is 0 Å². The standard InChI is InChI=1S/C5H5F2NO4/c1-2-4(9)12-3-5(6,7)8(10)11/h2H,1,3H2. The molecule has 0 spiro atoms. The van der Waals surface area contributed by atoms with Gasteiger partial charge in [0.05, 0.1) is 4.92 Å². The Morgan fingerprint density at radius 1 is 1.75 bits per heavy atom. The summed E-state index contributed by atoms with van der Waals surface area (Å²) in [7, 11) is 0. The number of carbonyl (C=O) groups excluding carboxylic acids is 1. The topological polar surface area (TPSA) is 69.4 Å². The highest BCUT2D eigenvalue weighted by atomic mass is 19.3. The Bertz CT molecular complexity index is 215. The van der Waals surface area contributed by atoms with Crippen molar-refractivity contribution < 1.29 is 23.2 Å². The van der Waals surface area contributed by atoms with Gasteiger partial charge >= 0.3 is 12.0 Å². The molecule has 0 fully saturated rings. The van der Waals surface area contributed by atoms with Gasteiger partial charge in [-0.2, -0.15) is 0 Å². The maximum atomic E-state index is 12.0. The van der Waals surface area contributed by atoms with Gasteiger partial charge in [0, 0.05) is 6.08 Å². The molecule has 7 heteroatoms. The number of carbonyl (C=O) groups is 1. The summed E-state index contributed by atoms with van der Waals surface area (Å²) in [6, 6.07) is -4.24. The maximum Gasteiger partial charge on any atom is 0.545 e. The molecule has 0 aliphatic carbocycles. The molecule has 0 radical (unpaired) electrons. The molecule has 0 N–H and O–H groups in total. The molecule has 0 bridgehead atoms. The third kappa shape index (κ3) is 3.04. The average molecular weight is 181 g/mol. The molecule has 0 saturated carbocycles. The summed E-state index contributed by atoms with van der Waals surface area (Å²) in [6.45, 7) is 1.34. The monoisotopic (exact) mass is 181 g/mol. The lowest BCUT2D eigenvalue weighted by atomic mass is 10.6. The summed E-state index contributed by atoms with van der Waals surface area (Å²) in [5.41, 5.74) is 0. The van der Waals surface area contributed by atoms with Gasteiger partial charge in [0.1, 0.15) is 0 Å². The largest absolute Gasteiger partial charge is 0.545 e. The average Bonchev–Trinajstić information content (AvgIpc) is 2.00. The van der Waals surface area contributed by atoms with Gasteiger partial charge < -0.3 is 4.74 Å². The third-order valence-electron chi connectivity index (χ3n) is 0.822. The van der Waals surface area contributed by atoms with Gasteiger partial charge in [-0.3, -0.25) is 10.1 Å². The van der Waals surface area contributed by atoms with Crippen LogP contribution in [0.2, 0.25) is 0 Å². The van der Waals surface area contributed by atoms with E-state index in [2.05, 4.69) is 11.3 Å². The maximum absolute atomic E-state index is 12.0. The number of esters is 1. The molecule has 12 heavy (non-hydrogen) atoms. The fraction of sp³-hybridized carbons (Fsp3) is 0.400. The Hall–Kier alpha value is -1.53. The Kier molecular flexibility index (Phi) is 3.27. The van der Waals surface area contributed by atoms with Gasteiger partial charge in [0.15, 0.2) is 0 Å². The Morgan fingerprint density at radius 3 is 2.58 bits per heavy atom. The fourth-order valence-electron chi connectivity index (χ4n) is 0.270. The van der Waals surface area contributed by atoms with Crippen LogP contribution in [0, 0.1) is 10.1 Å². The quantitative estimate of drug-likeness (QED) is 0.209. The zero-order chi connectivity index (χ0) is 9.78. The van der Waals surface area contributed by atoms with E-state index in [4.69, 9.17) is 0 Å². The van der Waals surface area contributed by atoms with Crippen molar-refractivity contribution in [3.8, 4) is 0 Å². The lowest BCUT2D eigenvalue weighted by molar-refractivity contribution is -0.646. The summed E-state index contributed by atoms with van der Waals surface area (Å²) in [5.74, 6) is -1.13. The third-order valence-corrected chi connectivity index (χ3v) is 0.822. The lowest BCUT2D eigenvalue weighted by Gasteiger charge is -2.05. The molecular formula is C5H5F2NO4. The van der Waals surface area contributed by atoms with Crippen molar-refractivity contribution in [2.45, 2.75) is 6.05 Å². The summed E-state index contributed by atoms with van der Waals surface area (Å²) in [4.78, 5) is 17.9. The second-order valence-electron chi connectivity index (χ2n) is 1.73. The van der Waals surface area contributed by atoms with E-state index >= 15 is 0 Å². The number of rotatable bonds is 4. The van der Waals surface area contributed by atoms with E-state index in [0.717, 1.165) is 0 Å². The first-order chi connectivity index (χ1) is 5.40. The van der Waals surface area contributed by atoms with Gasteiger partial charge in [-0.05, 0) is 0 Å². The second-order valence-corrected chi connectivity index (χ2v) is 1.73. The van der Waals surface area contributed by atoms with Crippen molar-refractivity contribution in [3.63, 3.8) is 0 Å². The zero-order valence-electron chi connectivity index (χ0n) is 5.83. The smallest absolute Gasteiger partial charge is 0.448 e. The Balaban J connectivity index is 4.00. The summed E-state index contributed by atoms with van der Waals surface area (Å²) in [6.07, 6.45) is 0.635. The number of ether oxygens (including phenoxy) is 1. The number of hydrogen-bond acceptors (Lipinski definition) is 4. The number of alkyl halides is 2. The molecule has 0 rings (SSSR count). The van der Waals surface area contributed by atoms with Crippen molar-refractivity contribution >= 4 is 5.97 Å². The van der Waals surface area contributed by atoms with Crippen LogP contribution in [-0.2, 0) is 9.53 Å². The van der Waals surface area contributed by atoms with Gasteiger partial charge in [-0.25, -0.2) is 4.79 Å². The molecule has 0 aliphatic heterocycles. The molecule has 68 valence electrons. The zero-order valence-corrected chi connectivity index (χ0v) is 5.83. The van der Waals surface area contributed by atoms with E-state index in [1.165, 1.54) is 0 Å². The molecule has 0 aromatic rings. The summed E-state index contributed by atoms with van der Waals surface area (Å²) < 4.78 is 27.8. The molecule has 0 aromatic carbocycles. The first kappa shape index (κ1) is 10.5. The molecule has 5 nitrogen and oxygen atoms in total. The minimum atomic E-state index is -4.24. The van der Waals surface area contributed by atoms with E-state index in [9.17, 15) is 23.7 Å². The van der Waals surface area contributed by atoms with Crippen LogP contribution in [0.15, 0.2) is 12.7 Å². The highest BCUT2D eigenvalue weighted by Gasteiger charge is 2.45. The summed E-state index contributed by atoms with van der Waals surface area (Å²) in [5, 5.41) is 9.56. The van der Waals surface area contributed by atoms with Crippen molar-refractivity contribution in [2.75, 3.05) is 6.61 Å². The van der Waals surface area contributed by atoms with Gasteiger partial charge in [-0.1, -0.05) is 6.58 Å². The normalized spacial score (nSPS) is 10.5.